The average Bonchev–Trinajstić information content (AvgIpc) is 3.64. The molecule has 0 radical (unpaired) electrons. The zero-order chi connectivity index (χ0) is 35.9. The largest absolute Gasteiger partial charge is 0.393 e. The molecule has 4 N–H and O–H groups in total. The van der Waals surface area contributed by atoms with Crippen molar-refractivity contribution < 1.29 is 33.3 Å². The number of aliphatic hydroxyl groups is 3. The number of aliphatic hydroxyl groups excluding tert-OH is 3. The first-order valence-electron chi connectivity index (χ1n) is 16.6. The molecule has 1 aromatic heterocycles. The molecule has 2 aromatic carbocycles. The van der Waals surface area contributed by atoms with Crippen molar-refractivity contribution in [2.45, 2.75) is 76.8 Å². The van der Waals surface area contributed by atoms with Crippen LogP contribution in [0.5, 0.6) is 0 Å². The van der Waals surface area contributed by atoms with Crippen LogP contribution >= 0.6 is 11.3 Å². The van der Waals surface area contributed by atoms with Crippen molar-refractivity contribution in [3.8, 4) is 0 Å². The molecule has 4 atom stereocenters. The third-order valence-electron chi connectivity index (χ3n) is 8.51. The summed E-state index contributed by atoms with van der Waals surface area (Å²) < 4.78 is 29.0. The molecule has 4 rings (SSSR count). The van der Waals surface area contributed by atoms with Gasteiger partial charge in [0.1, 0.15) is 12.1 Å². The third-order valence-corrected chi connectivity index (χ3v) is 11.2. The Morgan fingerprint density at radius 1 is 1.02 bits per heavy atom. The van der Waals surface area contributed by atoms with E-state index in [1.807, 2.05) is 70.3 Å². The van der Waals surface area contributed by atoms with E-state index in [1.54, 1.807) is 9.80 Å². The van der Waals surface area contributed by atoms with E-state index in [0.717, 1.165) is 16.3 Å². The Bertz CT molecular complexity index is 1630. The van der Waals surface area contributed by atoms with Crippen LogP contribution in [0.2, 0.25) is 0 Å². The smallest absolute Gasteiger partial charge is 0.321 e. The zero-order valence-corrected chi connectivity index (χ0v) is 30.4. The highest BCUT2D eigenvalue weighted by Crippen LogP contribution is 2.24. The van der Waals surface area contributed by atoms with E-state index in [0.29, 0.717) is 25.2 Å². The number of hydrogen-bond donors (Lipinski definition) is 4. The number of rotatable bonds is 17. The highest BCUT2D eigenvalue weighted by Gasteiger charge is 2.40. The van der Waals surface area contributed by atoms with E-state index in [9.17, 15) is 33.3 Å². The number of amides is 3. The highest BCUT2D eigenvalue weighted by atomic mass is 32.2. The first kappa shape index (κ1) is 38.4. The molecule has 0 spiro atoms. The number of urea groups is 1. The number of aryl methyl sites for hydroxylation is 1. The molecule has 1 aliphatic heterocycles. The van der Waals surface area contributed by atoms with Crippen molar-refractivity contribution in [3.05, 3.63) is 81.8 Å². The summed E-state index contributed by atoms with van der Waals surface area (Å²) in [6.45, 7) is 9.87. The molecule has 12 nitrogen and oxygen atoms in total. The van der Waals surface area contributed by atoms with E-state index in [2.05, 4.69) is 10.3 Å². The molecule has 1 aliphatic rings. The lowest BCUT2D eigenvalue weighted by molar-refractivity contribution is -0.128. The standard InChI is InChI=1S/C35H49N5O7S2/c1-23(2)18-39(49(46,47)29-13-11-27(12-14-29)32(43)21-41)20-31(42)30(17-26-9-7-6-8-10-26)37-34(44)33(24(3)4)40-16-15-38(35(40)45)19-28-22-48-25(5)36-28/h6-14,22-24,30-33,41-43H,15-21H2,1-5H3,(H,37,44)/t30-,31-,32?,33-/m0/s1. The fraction of sp³-hybridized carbons (Fsp3) is 0.514. The molecular weight excluding hydrogens is 667 g/mol. The number of carbonyl (C=O) groups excluding carboxylic acids is 2. The second kappa shape index (κ2) is 17.0. The summed E-state index contributed by atoms with van der Waals surface area (Å²) in [6, 6.07) is 13.0. The lowest BCUT2D eigenvalue weighted by Gasteiger charge is -2.34. The van der Waals surface area contributed by atoms with Gasteiger partial charge in [0.15, 0.2) is 0 Å². The summed E-state index contributed by atoms with van der Waals surface area (Å²) in [6.07, 6.45) is -2.21. The number of nitrogens with zero attached hydrogens (tertiary/aromatic N) is 4. The Balaban J connectivity index is 1.57. The predicted octanol–water partition coefficient (Wildman–Crippen LogP) is 3.17. The maximum absolute atomic E-state index is 14.1. The molecule has 49 heavy (non-hydrogen) atoms. The molecule has 3 amide bonds. The topological polar surface area (TPSA) is 164 Å². The van der Waals surface area contributed by atoms with Crippen LogP contribution in [0.15, 0.2) is 64.9 Å². The number of hydrogen-bond acceptors (Lipinski definition) is 9. The van der Waals surface area contributed by atoms with Gasteiger partial charge in [-0.05, 0) is 48.4 Å². The molecule has 1 saturated heterocycles. The van der Waals surface area contributed by atoms with Crippen LogP contribution in [0.1, 0.15) is 55.6 Å². The minimum atomic E-state index is -4.10. The summed E-state index contributed by atoms with van der Waals surface area (Å²) in [5.41, 5.74) is 2.01. The molecule has 268 valence electrons. The SMILES string of the molecule is Cc1nc(CN2CCN([C@H](C(=O)N[C@@H](Cc3ccccc3)[C@@H](O)CN(CC(C)C)S(=O)(=O)c3ccc(C(O)CO)cc3)C(C)C)C2=O)cs1. The van der Waals surface area contributed by atoms with E-state index >= 15 is 0 Å². The van der Waals surface area contributed by atoms with Gasteiger partial charge in [0.25, 0.3) is 0 Å². The molecule has 0 saturated carbocycles. The maximum atomic E-state index is 14.1. The number of sulfonamides is 1. The summed E-state index contributed by atoms with van der Waals surface area (Å²) in [7, 11) is -4.10. The van der Waals surface area contributed by atoms with Crippen molar-refractivity contribution in [1.29, 1.82) is 0 Å². The fourth-order valence-electron chi connectivity index (χ4n) is 6.04. The van der Waals surface area contributed by atoms with Gasteiger partial charge in [-0.25, -0.2) is 18.2 Å². The molecule has 1 unspecified atom stereocenters. The molecule has 2 heterocycles. The number of aromatic nitrogens is 1. The van der Waals surface area contributed by atoms with E-state index in [4.69, 9.17) is 0 Å². The molecule has 1 fully saturated rings. The van der Waals surface area contributed by atoms with Crippen molar-refractivity contribution in [1.82, 2.24) is 24.4 Å². The van der Waals surface area contributed by atoms with Crippen LogP contribution in [0.4, 0.5) is 4.79 Å². The van der Waals surface area contributed by atoms with Gasteiger partial charge in [-0.2, -0.15) is 4.31 Å². The fourth-order valence-corrected chi connectivity index (χ4v) is 8.26. The van der Waals surface area contributed by atoms with E-state index in [-0.39, 0.29) is 42.3 Å². The van der Waals surface area contributed by atoms with Crippen molar-refractivity contribution in [2.24, 2.45) is 11.8 Å². The quantitative estimate of drug-likeness (QED) is 0.166. The minimum Gasteiger partial charge on any atom is -0.393 e. The zero-order valence-electron chi connectivity index (χ0n) is 28.8. The Kier molecular flexibility index (Phi) is 13.3. The number of thiazole rings is 1. The Labute approximate surface area is 293 Å². The second-order valence-corrected chi connectivity index (χ2v) is 16.3. The molecule has 3 aromatic rings. The van der Waals surface area contributed by atoms with Crippen LogP contribution in [0.25, 0.3) is 0 Å². The van der Waals surface area contributed by atoms with Crippen LogP contribution in [0, 0.1) is 18.8 Å². The molecular formula is C35H49N5O7S2. The Morgan fingerprint density at radius 3 is 2.27 bits per heavy atom. The maximum Gasteiger partial charge on any atom is 0.321 e. The molecule has 14 heteroatoms. The van der Waals surface area contributed by atoms with Gasteiger partial charge >= 0.3 is 6.03 Å². The lowest BCUT2D eigenvalue weighted by atomic mass is 9.97. The number of benzene rings is 2. The van der Waals surface area contributed by atoms with Gasteiger partial charge in [-0.15, -0.1) is 11.3 Å². The third kappa shape index (κ3) is 9.86. The first-order valence-corrected chi connectivity index (χ1v) is 18.9. The first-order chi connectivity index (χ1) is 23.2. The highest BCUT2D eigenvalue weighted by molar-refractivity contribution is 7.89. The van der Waals surface area contributed by atoms with Gasteiger partial charge < -0.3 is 30.4 Å². The van der Waals surface area contributed by atoms with Gasteiger partial charge in [0, 0.05) is 31.6 Å². The summed E-state index contributed by atoms with van der Waals surface area (Å²) in [5.74, 6) is -0.752. The Hall–Kier alpha value is -3.40. The van der Waals surface area contributed by atoms with Gasteiger partial charge in [-0.3, -0.25) is 4.79 Å². The van der Waals surface area contributed by atoms with Gasteiger partial charge in [-0.1, -0.05) is 70.2 Å². The van der Waals surface area contributed by atoms with Crippen molar-refractivity contribution >= 4 is 33.3 Å². The monoisotopic (exact) mass is 715 g/mol. The second-order valence-electron chi connectivity index (χ2n) is 13.3. The van der Waals surface area contributed by atoms with Gasteiger partial charge in [0.2, 0.25) is 15.9 Å². The molecule has 0 aliphatic carbocycles. The van der Waals surface area contributed by atoms with Gasteiger partial charge in [0.05, 0.1) is 40.9 Å². The Morgan fingerprint density at radius 2 is 1.69 bits per heavy atom. The summed E-state index contributed by atoms with van der Waals surface area (Å²) in [5, 5.41) is 36.8. The van der Waals surface area contributed by atoms with Crippen LogP contribution in [-0.2, 0) is 27.8 Å². The lowest BCUT2D eigenvalue weighted by Crippen LogP contribution is -2.57. The van der Waals surface area contributed by atoms with Crippen LogP contribution in [-0.4, -0.2) is 106 Å². The van der Waals surface area contributed by atoms with Crippen molar-refractivity contribution in [3.63, 3.8) is 0 Å². The normalized spacial score (nSPS) is 16.4. The number of nitrogens with one attached hydrogen (secondary N) is 1. The number of carbonyl (C=O) groups is 2. The average molecular weight is 716 g/mol. The van der Waals surface area contributed by atoms with Crippen molar-refractivity contribution in [2.75, 3.05) is 32.8 Å². The predicted molar refractivity (Wildman–Crippen MR) is 188 cm³/mol. The van der Waals surface area contributed by atoms with E-state index in [1.165, 1.54) is 39.9 Å². The molecule has 0 bridgehead atoms. The van der Waals surface area contributed by atoms with Crippen LogP contribution < -0.4 is 5.32 Å². The summed E-state index contributed by atoms with van der Waals surface area (Å²) >= 11 is 1.52. The summed E-state index contributed by atoms with van der Waals surface area (Å²) in [4.78, 5) is 35.3. The van der Waals surface area contributed by atoms with E-state index < -0.39 is 46.8 Å². The van der Waals surface area contributed by atoms with Crippen LogP contribution in [0.3, 0.4) is 0 Å². The minimum absolute atomic E-state index is 0.0253.